The van der Waals surface area contributed by atoms with Crippen LogP contribution in [0.3, 0.4) is 0 Å². The van der Waals surface area contributed by atoms with Crippen molar-refractivity contribution in [2.45, 2.75) is 20.8 Å². The fraction of sp³-hybridized carbons (Fsp3) is 0.250. The number of aryl methyl sites for hydroxylation is 1. The van der Waals surface area contributed by atoms with Crippen molar-refractivity contribution in [3.05, 3.63) is 66.1 Å². The number of nitrogens with zero attached hydrogens (tertiary/aromatic N) is 2. The quantitative estimate of drug-likeness (QED) is 0.533. The van der Waals surface area contributed by atoms with Crippen LogP contribution in [0.4, 0.5) is 5.69 Å². The van der Waals surface area contributed by atoms with Gasteiger partial charge in [-0.15, -0.1) is 0 Å². The molecule has 0 aliphatic carbocycles. The van der Waals surface area contributed by atoms with Gasteiger partial charge in [-0.2, -0.15) is 0 Å². The summed E-state index contributed by atoms with van der Waals surface area (Å²) in [6.45, 7) is 6.31. The molecule has 32 heavy (non-hydrogen) atoms. The van der Waals surface area contributed by atoms with Crippen LogP contribution in [0, 0.1) is 6.92 Å². The molecule has 0 saturated carbocycles. The molecule has 8 heteroatoms. The van der Waals surface area contributed by atoms with Crippen LogP contribution >= 0.6 is 0 Å². The summed E-state index contributed by atoms with van der Waals surface area (Å²) >= 11 is 0. The Morgan fingerprint density at radius 1 is 0.969 bits per heavy atom. The molecule has 2 N–H and O–H groups in total. The molecule has 2 aromatic carbocycles. The van der Waals surface area contributed by atoms with E-state index in [-0.39, 0.29) is 18.4 Å². The normalized spacial score (nSPS) is 10.3. The van der Waals surface area contributed by atoms with Crippen molar-refractivity contribution in [2.24, 2.45) is 0 Å². The molecule has 0 fully saturated rings. The second kappa shape index (κ2) is 10.9. The van der Waals surface area contributed by atoms with Gasteiger partial charge < -0.3 is 20.1 Å². The van der Waals surface area contributed by atoms with E-state index in [0.717, 1.165) is 11.3 Å². The maximum absolute atomic E-state index is 12.5. The zero-order valence-corrected chi connectivity index (χ0v) is 18.3. The van der Waals surface area contributed by atoms with Crippen LogP contribution in [0.2, 0.25) is 0 Å². The predicted octanol–water partition coefficient (Wildman–Crippen LogP) is 3.62. The molecular weight excluding hydrogens is 408 g/mol. The fourth-order valence-corrected chi connectivity index (χ4v) is 3.03. The van der Waals surface area contributed by atoms with E-state index in [2.05, 4.69) is 20.6 Å². The molecule has 3 aromatic rings. The number of hydrogen-bond donors (Lipinski definition) is 2. The second-order valence-electron chi connectivity index (χ2n) is 6.83. The first-order chi connectivity index (χ1) is 15.5. The molecule has 0 aliphatic rings. The van der Waals surface area contributed by atoms with E-state index in [9.17, 15) is 9.59 Å². The third-order valence-corrected chi connectivity index (χ3v) is 4.43. The van der Waals surface area contributed by atoms with Gasteiger partial charge in [-0.05, 0) is 57.2 Å². The Balaban J connectivity index is 1.61. The number of carbonyl (C=O) groups is 2. The fourth-order valence-electron chi connectivity index (χ4n) is 3.03. The third-order valence-electron chi connectivity index (χ3n) is 4.43. The summed E-state index contributed by atoms with van der Waals surface area (Å²) in [6.07, 6.45) is 1.69. The molecule has 0 unspecified atom stereocenters. The van der Waals surface area contributed by atoms with Crippen molar-refractivity contribution < 1.29 is 19.1 Å². The molecule has 0 radical (unpaired) electrons. The van der Waals surface area contributed by atoms with E-state index in [1.54, 1.807) is 30.5 Å². The van der Waals surface area contributed by atoms with Gasteiger partial charge in [-0.25, -0.2) is 9.97 Å². The number of ether oxygens (including phenoxy) is 2. The third kappa shape index (κ3) is 6.04. The number of rotatable bonds is 9. The SMILES string of the molecule is CCOc1ccc(C(=O)NCC(=O)Nc2cccc(-c3ccnc(C)n3)c2)cc1OCC. The molecule has 1 aromatic heterocycles. The van der Waals surface area contributed by atoms with Gasteiger partial charge >= 0.3 is 0 Å². The second-order valence-corrected chi connectivity index (χ2v) is 6.83. The largest absolute Gasteiger partial charge is 0.490 e. The highest BCUT2D eigenvalue weighted by atomic mass is 16.5. The van der Waals surface area contributed by atoms with Crippen molar-refractivity contribution in [1.29, 1.82) is 0 Å². The Morgan fingerprint density at radius 2 is 1.75 bits per heavy atom. The number of carbonyl (C=O) groups excluding carboxylic acids is 2. The summed E-state index contributed by atoms with van der Waals surface area (Å²) in [6, 6.07) is 14.1. The van der Waals surface area contributed by atoms with Gasteiger partial charge in [-0.3, -0.25) is 9.59 Å². The molecule has 1 heterocycles. The molecule has 2 amide bonds. The summed E-state index contributed by atoms with van der Waals surface area (Å²) in [4.78, 5) is 33.3. The molecule has 0 saturated heterocycles. The highest BCUT2D eigenvalue weighted by Gasteiger charge is 2.13. The van der Waals surface area contributed by atoms with E-state index in [1.807, 2.05) is 45.0 Å². The smallest absolute Gasteiger partial charge is 0.251 e. The topological polar surface area (TPSA) is 102 Å². The lowest BCUT2D eigenvalue weighted by atomic mass is 10.1. The maximum Gasteiger partial charge on any atom is 0.251 e. The van der Waals surface area contributed by atoms with Crippen molar-refractivity contribution in [3.8, 4) is 22.8 Å². The first-order valence-corrected chi connectivity index (χ1v) is 10.4. The van der Waals surface area contributed by atoms with E-state index >= 15 is 0 Å². The van der Waals surface area contributed by atoms with E-state index in [0.29, 0.717) is 41.8 Å². The van der Waals surface area contributed by atoms with Crippen LogP contribution in [-0.4, -0.2) is 41.5 Å². The standard InChI is InChI=1S/C24H26N4O4/c1-4-31-21-10-9-18(14-22(21)32-5-2)24(30)26-15-23(29)28-19-8-6-7-17(13-19)20-11-12-25-16(3)27-20/h6-14H,4-5,15H2,1-3H3,(H,26,30)(H,28,29). The van der Waals surface area contributed by atoms with Crippen LogP contribution in [0.25, 0.3) is 11.3 Å². The summed E-state index contributed by atoms with van der Waals surface area (Å²) in [7, 11) is 0. The lowest BCUT2D eigenvalue weighted by Gasteiger charge is -2.12. The van der Waals surface area contributed by atoms with Gasteiger partial charge in [0.15, 0.2) is 11.5 Å². The average Bonchev–Trinajstić information content (AvgIpc) is 2.79. The number of aromatic nitrogens is 2. The van der Waals surface area contributed by atoms with Crippen LogP contribution in [0.5, 0.6) is 11.5 Å². The van der Waals surface area contributed by atoms with Crippen molar-refractivity contribution in [1.82, 2.24) is 15.3 Å². The number of anilines is 1. The number of nitrogens with one attached hydrogen (secondary N) is 2. The Morgan fingerprint density at radius 3 is 2.50 bits per heavy atom. The van der Waals surface area contributed by atoms with Gasteiger partial charge in [-0.1, -0.05) is 12.1 Å². The van der Waals surface area contributed by atoms with Crippen molar-refractivity contribution >= 4 is 17.5 Å². The van der Waals surface area contributed by atoms with E-state index < -0.39 is 0 Å². The Kier molecular flexibility index (Phi) is 7.75. The zero-order valence-electron chi connectivity index (χ0n) is 18.3. The molecule has 0 bridgehead atoms. The summed E-state index contributed by atoms with van der Waals surface area (Å²) in [5, 5.41) is 5.41. The molecule has 0 aliphatic heterocycles. The predicted molar refractivity (Wildman–Crippen MR) is 122 cm³/mol. The van der Waals surface area contributed by atoms with Gasteiger partial charge in [0, 0.05) is 23.0 Å². The first kappa shape index (κ1) is 22.7. The van der Waals surface area contributed by atoms with Gasteiger partial charge in [0.1, 0.15) is 5.82 Å². The lowest BCUT2D eigenvalue weighted by molar-refractivity contribution is -0.115. The molecule has 0 spiro atoms. The monoisotopic (exact) mass is 434 g/mol. The summed E-state index contributed by atoms with van der Waals surface area (Å²) in [5.41, 5.74) is 2.61. The van der Waals surface area contributed by atoms with Crippen LogP contribution in [-0.2, 0) is 4.79 Å². The molecule has 0 atom stereocenters. The van der Waals surface area contributed by atoms with E-state index in [4.69, 9.17) is 9.47 Å². The molecular formula is C24H26N4O4. The average molecular weight is 434 g/mol. The Hall–Kier alpha value is -3.94. The number of benzene rings is 2. The minimum atomic E-state index is -0.380. The van der Waals surface area contributed by atoms with Gasteiger partial charge in [0.05, 0.1) is 25.5 Å². The minimum absolute atomic E-state index is 0.174. The minimum Gasteiger partial charge on any atom is -0.490 e. The van der Waals surface area contributed by atoms with Crippen molar-refractivity contribution in [2.75, 3.05) is 25.1 Å². The van der Waals surface area contributed by atoms with Crippen LogP contribution in [0.1, 0.15) is 30.0 Å². The van der Waals surface area contributed by atoms with Crippen LogP contribution in [0.15, 0.2) is 54.7 Å². The van der Waals surface area contributed by atoms with Crippen molar-refractivity contribution in [3.63, 3.8) is 0 Å². The van der Waals surface area contributed by atoms with Crippen LogP contribution < -0.4 is 20.1 Å². The molecule has 3 rings (SSSR count). The highest BCUT2D eigenvalue weighted by molar-refractivity contribution is 5.99. The maximum atomic E-state index is 12.5. The lowest BCUT2D eigenvalue weighted by Crippen LogP contribution is -2.32. The Bertz CT molecular complexity index is 1100. The van der Waals surface area contributed by atoms with Gasteiger partial charge in [0.2, 0.25) is 5.91 Å². The summed E-state index contributed by atoms with van der Waals surface area (Å²) < 4.78 is 11.1. The number of hydrogen-bond acceptors (Lipinski definition) is 6. The zero-order chi connectivity index (χ0) is 22.9. The molecule has 166 valence electrons. The van der Waals surface area contributed by atoms with Gasteiger partial charge in [0.25, 0.3) is 5.91 Å². The van der Waals surface area contributed by atoms with E-state index in [1.165, 1.54) is 0 Å². The highest BCUT2D eigenvalue weighted by Crippen LogP contribution is 2.28. The summed E-state index contributed by atoms with van der Waals surface area (Å²) in [5.74, 6) is 1.01. The molecule has 8 nitrogen and oxygen atoms in total. The first-order valence-electron chi connectivity index (χ1n) is 10.4. The number of amides is 2. The Labute approximate surface area is 187 Å².